The average molecular weight is 351 g/mol. The third-order valence-corrected chi connectivity index (χ3v) is 4.05. The summed E-state index contributed by atoms with van der Waals surface area (Å²) in [5.41, 5.74) is 3.73. The Morgan fingerprint density at radius 3 is 2.60 bits per heavy atom. The van der Waals surface area contributed by atoms with Gasteiger partial charge in [-0.3, -0.25) is 9.97 Å². The fourth-order valence-electron chi connectivity index (χ4n) is 2.52. The first-order valence-electron chi connectivity index (χ1n) is 7.42. The zero-order valence-corrected chi connectivity index (χ0v) is 13.5. The Morgan fingerprint density at radius 2 is 1.92 bits per heavy atom. The Morgan fingerprint density at radius 1 is 1.08 bits per heavy atom. The van der Waals surface area contributed by atoms with Crippen molar-refractivity contribution >= 4 is 28.6 Å². The predicted octanol–water partition coefficient (Wildman–Crippen LogP) is 4.04. The molecule has 4 rings (SSSR count). The highest BCUT2D eigenvalue weighted by Crippen LogP contribution is 2.27. The lowest BCUT2D eigenvalue weighted by molar-refractivity contribution is 0.0696. The highest BCUT2D eigenvalue weighted by atomic mass is 35.5. The molecule has 0 bridgehead atoms. The summed E-state index contributed by atoms with van der Waals surface area (Å²) >= 11 is 6.15. The molecular formula is C18H11ClN4O2. The van der Waals surface area contributed by atoms with E-state index in [9.17, 15) is 4.79 Å². The predicted molar refractivity (Wildman–Crippen MR) is 94.5 cm³/mol. The Balaban J connectivity index is 1.69. The zero-order valence-electron chi connectivity index (χ0n) is 12.8. The molecule has 0 radical (unpaired) electrons. The fourth-order valence-corrected chi connectivity index (χ4v) is 2.79. The molecule has 1 aromatic carbocycles. The van der Waals surface area contributed by atoms with Crippen molar-refractivity contribution in [2.24, 2.45) is 0 Å². The second kappa shape index (κ2) is 5.99. The molecule has 6 nitrogen and oxygen atoms in total. The number of para-hydroxylation sites is 2. The van der Waals surface area contributed by atoms with Crippen LogP contribution in [0.15, 0.2) is 54.9 Å². The molecule has 0 saturated heterocycles. The number of aromatic amines is 1. The summed E-state index contributed by atoms with van der Waals surface area (Å²) in [6.45, 7) is 0. The molecule has 3 heterocycles. The quantitative estimate of drug-likeness (QED) is 0.581. The van der Waals surface area contributed by atoms with Crippen molar-refractivity contribution in [2.75, 3.05) is 0 Å². The molecule has 0 unspecified atom stereocenters. The molecular weight excluding hydrogens is 340 g/mol. The third kappa shape index (κ3) is 2.83. The Hall–Kier alpha value is -3.25. The molecule has 0 amide bonds. The molecule has 25 heavy (non-hydrogen) atoms. The molecule has 3 aromatic heterocycles. The van der Waals surface area contributed by atoms with Crippen LogP contribution in [-0.2, 0) is 0 Å². The van der Waals surface area contributed by atoms with Gasteiger partial charge in [0, 0.05) is 18.0 Å². The minimum atomic E-state index is -1.07. The number of pyridine rings is 2. The maximum absolute atomic E-state index is 11.0. The second-order valence-electron chi connectivity index (χ2n) is 5.39. The summed E-state index contributed by atoms with van der Waals surface area (Å²) in [7, 11) is 0. The van der Waals surface area contributed by atoms with E-state index in [0.29, 0.717) is 22.8 Å². The summed E-state index contributed by atoms with van der Waals surface area (Å²) in [6.07, 6.45) is 2.91. The van der Waals surface area contributed by atoms with E-state index in [0.717, 1.165) is 11.0 Å². The monoisotopic (exact) mass is 350 g/mol. The highest BCUT2D eigenvalue weighted by Gasteiger charge is 2.12. The van der Waals surface area contributed by atoms with Crippen LogP contribution in [-0.4, -0.2) is 31.0 Å². The maximum atomic E-state index is 11.0. The second-order valence-corrected chi connectivity index (χ2v) is 5.80. The highest BCUT2D eigenvalue weighted by molar-refractivity contribution is 6.33. The molecule has 0 saturated carbocycles. The van der Waals surface area contributed by atoms with E-state index in [2.05, 4.69) is 19.9 Å². The fraction of sp³-hybridized carbons (Fsp3) is 0. The number of rotatable bonds is 3. The lowest BCUT2D eigenvalue weighted by Crippen LogP contribution is -1.98. The standard InChI is InChI=1S/C18H11ClN4O2/c19-12-7-11(18(24)25)9-21-16(12)10-5-6-15(20-8-10)17-22-13-3-1-2-4-14(13)23-17/h1-9H,(H,22,23)(H,24,25). The smallest absolute Gasteiger partial charge is 0.337 e. The van der Waals surface area contributed by atoms with Gasteiger partial charge in [-0.25, -0.2) is 9.78 Å². The number of aromatic nitrogens is 4. The van der Waals surface area contributed by atoms with Gasteiger partial charge in [0.25, 0.3) is 0 Å². The van der Waals surface area contributed by atoms with Gasteiger partial charge in [0.15, 0.2) is 5.82 Å². The van der Waals surface area contributed by atoms with Crippen molar-refractivity contribution in [2.45, 2.75) is 0 Å². The first kappa shape index (κ1) is 15.3. The van der Waals surface area contributed by atoms with Gasteiger partial charge >= 0.3 is 5.97 Å². The van der Waals surface area contributed by atoms with Crippen LogP contribution in [0.3, 0.4) is 0 Å². The van der Waals surface area contributed by atoms with Gasteiger partial charge in [0.05, 0.1) is 27.3 Å². The number of carboxylic acid groups (broad SMARTS) is 1. The Bertz CT molecular complexity index is 1060. The van der Waals surface area contributed by atoms with E-state index in [4.69, 9.17) is 16.7 Å². The summed E-state index contributed by atoms with van der Waals surface area (Å²) < 4.78 is 0. The number of hydrogen-bond acceptors (Lipinski definition) is 4. The number of carboxylic acids is 1. The zero-order chi connectivity index (χ0) is 17.4. The summed E-state index contributed by atoms with van der Waals surface area (Å²) in [4.78, 5) is 27.2. The van der Waals surface area contributed by atoms with E-state index in [-0.39, 0.29) is 10.6 Å². The molecule has 0 aliphatic rings. The van der Waals surface area contributed by atoms with Crippen LogP contribution in [0.4, 0.5) is 0 Å². The van der Waals surface area contributed by atoms with Crippen LogP contribution in [0.5, 0.6) is 0 Å². The number of nitrogens with one attached hydrogen (secondary N) is 1. The van der Waals surface area contributed by atoms with Crippen LogP contribution >= 0.6 is 11.6 Å². The van der Waals surface area contributed by atoms with Crippen LogP contribution in [0.25, 0.3) is 33.8 Å². The van der Waals surface area contributed by atoms with Gasteiger partial charge in [-0.05, 0) is 30.3 Å². The molecule has 0 atom stereocenters. The normalized spacial score (nSPS) is 10.9. The van der Waals surface area contributed by atoms with E-state index in [1.807, 2.05) is 36.4 Å². The van der Waals surface area contributed by atoms with Crippen molar-refractivity contribution in [1.82, 2.24) is 19.9 Å². The average Bonchev–Trinajstić information content (AvgIpc) is 3.06. The number of imidazole rings is 1. The number of halogens is 1. The van der Waals surface area contributed by atoms with Gasteiger partial charge in [-0.1, -0.05) is 23.7 Å². The number of H-pyrrole nitrogens is 1. The summed E-state index contributed by atoms with van der Waals surface area (Å²) in [5.74, 6) is -0.396. The lowest BCUT2D eigenvalue weighted by atomic mass is 10.1. The van der Waals surface area contributed by atoms with Gasteiger partial charge < -0.3 is 10.1 Å². The largest absolute Gasteiger partial charge is 0.478 e. The van der Waals surface area contributed by atoms with E-state index in [1.165, 1.54) is 12.3 Å². The molecule has 4 aromatic rings. The number of aromatic carboxylic acids is 1. The van der Waals surface area contributed by atoms with Crippen LogP contribution in [0.1, 0.15) is 10.4 Å². The minimum Gasteiger partial charge on any atom is -0.478 e. The minimum absolute atomic E-state index is 0.0422. The molecule has 2 N–H and O–H groups in total. The SMILES string of the molecule is O=C(O)c1cnc(-c2ccc(-c3nc4ccccc4[nH]3)nc2)c(Cl)c1. The van der Waals surface area contributed by atoms with Crippen molar-refractivity contribution in [3.63, 3.8) is 0 Å². The third-order valence-electron chi connectivity index (χ3n) is 3.76. The maximum Gasteiger partial charge on any atom is 0.337 e. The van der Waals surface area contributed by atoms with Crippen LogP contribution in [0.2, 0.25) is 5.02 Å². The number of hydrogen-bond donors (Lipinski definition) is 2. The lowest BCUT2D eigenvalue weighted by Gasteiger charge is -2.05. The van der Waals surface area contributed by atoms with E-state index >= 15 is 0 Å². The molecule has 0 aliphatic heterocycles. The molecule has 122 valence electrons. The number of fused-ring (bicyclic) bond motifs is 1. The molecule has 7 heteroatoms. The number of benzene rings is 1. The first-order chi connectivity index (χ1) is 12.1. The molecule has 0 aliphatic carbocycles. The summed E-state index contributed by atoms with van der Waals surface area (Å²) in [5, 5.41) is 9.23. The van der Waals surface area contributed by atoms with Crippen molar-refractivity contribution in [3.8, 4) is 22.8 Å². The van der Waals surface area contributed by atoms with Crippen molar-refractivity contribution in [3.05, 3.63) is 65.4 Å². The van der Waals surface area contributed by atoms with Gasteiger partial charge in [0.1, 0.15) is 5.69 Å². The van der Waals surface area contributed by atoms with Gasteiger partial charge in [0.2, 0.25) is 0 Å². The van der Waals surface area contributed by atoms with E-state index < -0.39 is 5.97 Å². The van der Waals surface area contributed by atoms with Crippen molar-refractivity contribution in [1.29, 1.82) is 0 Å². The van der Waals surface area contributed by atoms with Crippen LogP contribution < -0.4 is 0 Å². The van der Waals surface area contributed by atoms with Gasteiger partial charge in [-0.2, -0.15) is 0 Å². The Kier molecular flexibility index (Phi) is 3.66. The van der Waals surface area contributed by atoms with Crippen molar-refractivity contribution < 1.29 is 9.90 Å². The van der Waals surface area contributed by atoms with E-state index in [1.54, 1.807) is 6.20 Å². The number of nitrogens with zero attached hydrogens (tertiary/aromatic N) is 3. The Labute approximate surface area is 147 Å². The number of carbonyl (C=O) groups is 1. The summed E-state index contributed by atoms with van der Waals surface area (Å²) in [6, 6.07) is 12.8. The topological polar surface area (TPSA) is 91.8 Å². The molecule has 0 fully saturated rings. The van der Waals surface area contributed by atoms with Crippen LogP contribution in [0, 0.1) is 0 Å². The first-order valence-corrected chi connectivity index (χ1v) is 7.80. The van der Waals surface area contributed by atoms with Gasteiger partial charge in [-0.15, -0.1) is 0 Å². The molecule has 0 spiro atoms.